The van der Waals surface area contributed by atoms with Crippen LogP contribution in [-0.4, -0.2) is 32.8 Å². The van der Waals surface area contributed by atoms with E-state index in [-0.39, 0.29) is 41.4 Å². The van der Waals surface area contributed by atoms with Crippen LogP contribution in [0.1, 0.15) is 31.7 Å². The molecular weight excluding hydrogens is 421 g/mol. The first-order valence-electron chi connectivity index (χ1n) is 10.3. The molecule has 2 aromatic carbocycles. The van der Waals surface area contributed by atoms with Gasteiger partial charge in [0.15, 0.2) is 0 Å². The van der Waals surface area contributed by atoms with Gasteiger partial charge in [-0.25, -0.2) is 17.5 Å². The molecule has 1 fully saturated rings. The van der Waals surface area contributed by atoms with Crippen LogP contribution in [-0.2, 0) is 26.0 Å². The van der Waals surface area contributed by atoms with Crippen molar-refractivity contribution in [3.63, 3.8) is 0 Å². The third-order valence-electron chi connectivity index (χ3n) is 5.53. The first-order chi connectivity index (χ1) is 14.8. The standard InChI is InChI=1S/C22H24FN3O4S/c1-14-12-16-13-17(8-9-20(16)26(14)22(28)15-6-7-15)31(29,30)24-11-10-21(27)25-19-5-3-2-4-18(19)23/h2-5,8-9,13-15,24H,6-7,10-12H2,1H3,(H,25,27)/t14-/m1/s1. The Morgan fingerprint density at radius 3 is 2.61 bits per heavy atom. The number of amides is 2. The Morgan fingerprint density at radius 1 is 1.16 bits per heavy atom. The van der Waals surface area contributed by atoms with Crippen LogP contribution >= 0.6 is 0 Å². The Balaban J connectivity index is 1.38. The second-order valence-corrected chi connectivity index (χ2v) is 9.77. The average Bonchev–Trinajstić information content (AvgIpc) is 3.51. The van der Waals surface area contributed by atoms with Crippen molar-refractivity contribution in [2.24, 2.45) is 5.92 Å². The SMILES string of the molecule is C[C@@H]1Cc2cc(S(=O)(=O)NCCC(=O)Nc3ccccc3F)ccc2N1C(=O)C1CC1. The highest BCUT2D eigenvalue weighted by molar-refractivity contribution is 7.89. The summed E-state index contributed by atoms with van der Waals surface area (Å²) in [6.07, 6.45) is 2.29. The summed E-state index contributed by atoms with van der Waals surface area (Å²) < 4.78 is 41.3. The van der Waals surface area contributed by atoms with E-state index in [9.17, 15) is 22.4 Å². The lowest BCUT2D eigenvalue weighted by Crippen LogP contribution is -2.36. The number of nitrogens with zero attached hydrogens (tertiary/aromatic N) is 1. The zero-order chi connectivity index (χ0) is 22.2. The second-order valence-electron chi connectivity index (χ2n) is 8.00. The number of hydrogen-bond donors (Lipinski definition) is 2. The van der Waals surface area contributed by atoms with Crippen LogP contribution in [0.5, 0.6) is 0 Å². The van der Waals surface area contributed by atoms with Crippen molar-refractivity contribution in [2.45, 2.75) is 43.5 Å². The van der Waals surface area contributed by atoms with Gasteiger partial charge in [-0.3, -0.25) is 9.59 Å². The minimum Gasteiger partial charge on any atom is -0.324 e. The molecule has 2 amide bonds. The first kappa shape index (κ1) is 21.5. The number of nitrogens with one attached hydrogen (secondary N) is 2. The van der Waals surface area contributed by atoms with Gasteiger partial charge in [-0.1, -0.05) is 12.1 Å². The molecule has 4 rings (SSSR count). The highest BCUT2D eigenvalue weighted by Crippen LogP contribution is 2.39. The van der Waals surface area contributed by atoms with E-state index in [4.69, 9.17) is 0 Å². The van der Waals surface area contributed by atoms with Gasteiger partial charge in [0.1, 0.15) is 5.82 Å². The molecule has 0 aromatic heterocycles. The van der Waals surface area contributed by atoms with E-state index >= 15 is 0 Å². The number of rotatable bonds is 7. The minimum atomic E-state index is -3.83. The van der Waals surface area contributed by atoms with Gasteiger partial charge in [0.05, 0.1) is 10.6 Å². The van der Waals surface area contributed by atoms with Gasteiger partial charge in [0.25, 0.3) is 0 Å². The first-order valence-corrected chi connectivity index (χ1v) is 11.7. The summed E-state index contributed by atoms with van der Waals surface area (Å²) in [4.78, 5) is 26.4. The number of anilines is 2. The molecule has 0 bridgehead atoms. The van der Waals surface area contributed by atoms with Crippen molar-refractivity contribution in [1.82, 2.24) is 4.72 Å². The van der Waals surface area contributed by atoms with Crippen molar-refractivity contribution < 1.29 is 22.4 Å². The molecule has 9 heteroatoms. The Morgan fingerprint density at radius 2 is 1.90 bits per heavy atom. The number of benzene rings is 2. The Hall–Kier alpha value is -2.78. The zero-order valence-electron chi connectivity index (χ0n) is 17.1. The van der Waals surface area contributed by atoms with Crippen LogP contribution in [0, 0.1) is 11.7 Å². The van der Waals surface area contributed by atoms with Crippen molar-refractivity contribution in [3.05, 3.63) is 53.8 Å². The van der Waals surface area contributed by atoms with Crippen LogP contribution in [0.4, 0.5) is 15.8 Å². The lowest BCUT2D eigenvalue weighted by molar-refractivity contribution is -0.120. The molecule has 0 radical (unpaired) electrons. The van der Waals surface area contributed by atoms with E-state index in [1.165, 1.54) is 24.3 Å². The molecule has 0 spiro atoms. The van der Waals surface area contributed by atoms with E-state index in [0.29, 0.717) is 6.42 Å². The predicted octanol–water partition coefficient (Wildman–Crippen LogP) is 2.82. The molecule has 1 saturated carbocycles. The molecule has 1 heterocycles. The molecule has 0 saturated heterocycles. The fourth-order valence-electron chi connectivity index (χ4n) is 3.79. The van der Waals surface area contributed by atoms with Crippen LogP contribution in [0.25, 0.3) is 0 Å². The number of para-hydroxylation sites is 1. The average molecular weight is 446 g/mol. The lowest BCUT2D eigenvalue weighted by atomic mass is 10.1. The van der Waals surface area contributed by atoms with Crippen LogP contribution in [0.2, 0.25) is 0 Å². The maximum Gasteiger partial charge on any atom is 0.240 e. The van der Waals surface area contributed by atoms with Gasteiger partial charge in [0.2, 0.25) is 21.8 Å². The monoisotopic (exact) mass is 445 g/mol. The Bertz CT molecular complexity index is 1130. The van der Waals surface area contributed by atoms with E-state index in [0.717, 1.165) is 24.1 Å². The summed E-state index contributed by atoms with van der Waals surface area (Å²) in [5.74, 6) is -0.849. The normalized spacial score (nSPS) is 18.0. The molecule has 1 aliphatic carbocycles. The summed E-state index contributed by atoms with van der Waals surface area (Å²) in [7, 11) is -3.83. The minimum absolute atomic E-state index is 0.00362. The Labute approximate surface area is 180 Å². The molecule has 2 aliphatic rings. The highest BCUT2D eigenvalue weighted by Gasteiger charge is 2.39. The van der Waals surface area contributed by atoms with Crippen LogP contribution in [0.15, 0.2) is 47.4 Å². The smallest absolute Gasteiger partial charge is 0.240 e. The second kappa shape index (κ2) is 8.39. The maximum absolute atomic E-state index is 13.6. The number of sulfonamides is 1. The van der Waals surface area contributed by atoms with Crippen molar-refractivity contribution in [3.8, 4) is 0 Å². The predicted molar refractivity (Wildman–Crippen MR) is 115 cm³/mol. The zero-order valence-corrected chi connectivity index (χ0v) is 17.9. The summed E-state index contributed by atoms with van der Waals surface area (Å²) in [5, 5.41) is 2.42. The maximum atomic E-state index is 13.6. The number of hydrogen-bond acceptors (Lipinski definition) is 4. The van der Waals surface area contributed by atoms with Gasteiger partial charge in [-0.2, -0.15) is 0 Å². The largest absolute Gasteiger partial charge is 0.324 e. The van der Waals surface area contributed by atoms with Gasteiger partial charge in [-0.15, -0.1) is 0 Å². The summed E-state index contributed by atoms with van der Waals surface area (Å²) in [6.45, 7) is 1.84. The van der Waals surface area contributed by atoms with Gasteiger partial charge in [-0.05, 0) is 62.1 Å². The van der Waals surface area contributed by atoms with Crippen LogP contribution < -0.4 is 14.9 Å². The number of carbonyl (C=O) groups excluding carboxylic acids is 2. The molecule has 0 unspecified atom stereocenters. The molecule has 2 N–H and O–H groups in total. The molecule has 1 atom stereocenters. The van der Waals surface area contributed by atoms with Gasteiger partial charge >= 0.3 is 0 Å². The molecule has 164 valence electrons. The van der Waals surface area contributed by atoms with Gasteiger partial charge in [0, 0.05) is 30.6 Å². The quantitative estimate of drug-likeness (QED) is 0.685. The van der Waals surface area contributed by atoms with E-state index < -0.39 is 21.7 Å². The fourth-order valence-corrected chi connectivity index (χ4v) is 4.88. The summed E-state index contributed by atoms with van der Waals surface area (Å²) in [5.41, 5.74) is 1.64. The molecule has 31 heavy (non-hydrogen) atoms. The Kier molecular flexibility index (Phi) is 5.81. The number of halogens is 1. The molecule has 2 aromatic rings. The fraction of sp³-hybridized carbons (Fsp3) is 0.364. The van der Waals surface area contributed by atoms with Crippen molar-refractivity contribution >= 4 is 33.2 Å². The highest BCUT2D eigenvalue weighted by atomic mass is 32.2. The van der Waals surface area contributed by atoms with Gasteiger partial charge < -0.3 is 10.2 Å². The molecule has 7 nitrogen and oxygen atoms in total. The van der Waals surface area contributed by atoms with E-state index in [2.05, 4.69) is 10.0 Å². The van der Waals surface area contributed by atoms with Crippen molar-refractivity contribution in [2.75, 3.05) is 16.8 Å². The summed E-state index contributed by atoms with van der Waals surface area (Å²) in [6, 6.07) is 10.5. The van der Waals surface area contributed by atoms with Crippen LogP contribution in [0.3, 0.4) is 0 Å². The number of fused-ring (bicyclic) bond motifs is 1. The van der Waals surface area contributed by atoms with E-state index in [1.807, 2.05) is 6.92 Å². The third-order valence-corrected chi connectivity index (χ3v) is 6.99. The van der Waals surface area contributed by atoms with E-state index in [1.54, 1.807) is 23.1 Å². The van der Waals surface area contributed by atoms with Crippen molar-refractivity contribution in [1.29, 1.82) is 0 Å². The topological polar surface area (TPSA) is 95.6 Å². The molecular formula is C22H24FN3O4S. The number of carbonyl (C=O) groups is 2. The third kappa shape index (κ3) is 4.62. The lowest BCUT2D eigenvalue weighted by Gasteiger charge is -2.22. The molecule has 1 aliphatic heterocycles. The summed E-state index contributed by atoms with van der Waals surface area (Å²) >= 11 is 0.